The van der Waals surface area contributed by atoms with Gasteiger partial charge in [-0.05, 0) is 61.1 Å². The molecule has 0 bridgehead atoms. The van der Waals surface area contributed by atoms with Crippen molar-refractivity contribution in [2.45, 2.75) is 50.9 Å². The van der Waals surface area contributed by atoms with Gasteiger partial charge in [0.25, 0.3) is 0 Å². The van der Waals surface area contributed by atoms with Gasteiger partial charge in [0.05, 0.1) is 13.7 Å². The average Bonchev–Trinajstić information content (AvgIpc) is 3.48. The van der Waals surface area contributed by atoms with Gasteiger partial charge in [0.15, 0.2) is 0 Å². The number of ether oxygens (including phenoxy) is 1. The number of nitrogens with one attached hydrogen (secondary N) is 1. The lowest BCUT2D eigenvalue weighted by Gasteiger charge is -2.37. The summed E-state index contributed by atoms with van der Waals surface area (Å²) in [6, 6.07) is 16.6. The van der Waals surface area contributed by atoms with E-state index in [1.807, 2.05) is 4.68 Å². The van der Waals surface area contributed by atoms with Gasteiger partial charge in [-0.25, -0.2) is 9.67 Å². The molecule has 1 saturated heterocycles. The van der Waals surface area contributed by atoms with Crippen LogP contribution >= 0.6 is 0 Å². The van der Waals surface area contributed by atoms with Crippen molar-refractivity contribution < 1.29 is 4.74 Å². The average molecular weight is 418 g/mol. The van der Waals surface area contributed by atoms with Crippen LogP contribution in [0.25, 0.3) is 0 Å². The van der Waals surface area contributed by atoms with Crippen molar-refractivity contribution in [3.63, 3.8) is 0 Å². The molecule has 1 N–H and O–H groups in total. The molecule has 2 aromatic carbocycles. The van der Waals surface area contributed by atoms with E-state index in [-0.39, 0.29) is 0 Å². The van der Waals surface area contributed by atoms with E-state index in [0.29, 0.717) is 18.6 Å². The fourth-order valence-corrected chi connectivity index (χ4v) is 5.12. The van der Waals surface area contributed by atoms with Gasteiger partial charge in [0.1, 0.15) is 18.4 Å². The molecular weight excluding hydrogens is 386 g/mol. The molecule has 0 saturated carbocycles. The van der Waals surface area contributed by atoms with Crippen molar-refractivity contribution in [3.05, 3.63) is 77.4 Å². The van der Waals surface area contributed by atoms with E-state index in [1.54, 1.807) is 30.9 Å². The van der Waals surface area contributed by atoms with Crippen LogP contribution in [-0.4, -0.2) is 51.9 Å². The molecule has 2 aliphatic rings. The highest BCUT2D eigenvalue weighted by atomic mass is 16.5. The second-order valence-electron chi connectivity index (χ2n) is 8.79. The third kappa shape index (κ3) is 4.65. The fraction of sp³-hybridized carbons (Fsp3) is 0.440. The normalized spacial score (nSPS) is 19.5. The summed E-state index contributed by atoms with van der Waals surface area (Å²) in [5.74, 6) is 0.892. The maximum Gasteiger partial charge on any atom is 0.137 e. The van der Waals surface area contributed by atoms with E-state index in [2.05, 4.69) is 62.8 Å². The lowest BCUT2D eigenvalue weighted by molar-refractivity contribution is 0.140. The van der Waals surface area contributed by atoms with Gasteiger partial charge in [0.2, 0.25) is 0 Å². The van der Waals surface area contributed by atoms with Crippen LogP contribution in [0.1, 0.15) is 35.1 Å². The van der Waals surface area contributed by atoms with E-state index in [1.165, 1.54) is 37.8 Å². The minimum Gasteiger partial charge on any atom is -0.496 e. The van der Waals surface area contributed by atoms with Crippen LogP contribution in [0.5, 0.6) is 5.75 Å². The van der Waals surface area contributed by atoms with Crippen molar-refractivity contribution in [2.75, 3.05) is 20.2 Å². The summed E-state index contributed by atoms with van der Waals surface area (Å²) >= 11 is 0. The summed E-state index contributed by atoms with van der Waals surface area (Å²) in [6.45, 7) is 3.90. The first kappa shape index (κ1) is 20.2. The van der Waals surface area contributed by atoms with Crippen LogP contribution < -0.4 is 10.1 Å². The van der Waals surface area contributed by atoms with Gasteiger partial charge < -0.3 is 10.1 Å². The standard InChI is InChI=1S/C25H31N5O/c1-31-25-9-8-19(11-22(25)15-30-18-26-17-28-30)14-27-23-7-4-10-29(16-23)24-12-20-5-2-3-6-21(20)13-24/h2-3,5-6,8-9,11,17-18,23-24,27H,4,7,10,12-16H2,1H3/t23-/m0/s1. The third-order valence-corrected chi connectivity index (χ3v) is 6.74. The molecule has 162 valence electrons. The lowest BCUT2D eigenvalue weighted by atomic mass is 10.0. The molecule has 1 aliphatic carbocycles. The van der Waals surface area contributed by atoms with E-state index in [4.69, 9.17) is 4.74 Å². The summed E-state index contributed by atoms with van der Waals surface area (Å²) in [5.41, 5.74) is 5.49. The molecule has 1 atom stereocenters. The second-order valence-corrected chi connectivity index (χ2v) is 8.79. The number of rotatable bonds is 7. The Morgan fingerprint density at radius 1 is 1.13 bits per heavy atom. The van der Waals surface area contributed by atoms with E-state index in [9.17, 15) is 0 Å². The highest BCUT2D eigenvalue weighted by Crippen LogP contribution is 2.27. The number of piperidine rings is 1. The minimum absolute atomic E-state index is 0.540. The first-order valence-corrected chi connectivity index (χ1v) is 11.3. The number of nitrogens with zero attached hydrogens (tertiary/aromatic N) is 4. The van der Waals surface area contributed by atoms with E-state index >= 15 is 0 Å². The summed E-state index contributed by atoms with van der Waals surface area (Å²) in [4.78, 5) is 6.75. The van der Waals surface area contributed by atoms with Gasteiger partial charge in [-0.1, -0.05) is 30.3 Å². The summed E-state index contributed by atoms with van der Waals surface area (Å²) in [5, 5.41) is 8.04. The number of aromatic nitrogens is 3. The molecule has 2 heterocycles. The number of hydrogen-bond acceptors (Lipinski definition) is 5. The maximum atomic E-state index is 5.55. The first-order chi connectivity index (χ1) is 15.3. The van der Waals surface area contributed by atoms with Gasteiger partial charge in [0, 0.05) is 30.7 Å². The molecule has 31 heavy (non-hydrogen) atoms. The van der Waals surface area contributed by atoms with Crippen LogP contribution in [-0.2, 0) is 25.9 Å². The Bertz CT molecular complexity index is 978. The van der Waals surface area contributed by atoms with Crippen molar-refractivity contribution in [1.82, 2.24) is 25.0 Å². The molecule has 0 unspecified atom stereocenters. The molecule has 1 fully saturated rings. The molecule has 0 spiro atoms. The number of likely N-dealkylation sites (tertiary alicyclic amines) is 1. The largest absolute Gasteiger partial charge is 0.496 e. The lowest BCUT2D eigenvalue weighted by Crippen LogP contribution is -2.49. The molecular formula is C25H31N5O. The van der Waals surface area contributed by atoms with Crippen LogP contribution in [0.4, 0.5) is 0 Å². The third-order valence-electron chi connectivity index (χ3n) is 6.74. The smallest absolute Gasteiger partial charge is 0.137 e. The molecule has 3 aromatic rings. The van der Waals surface area contributed by atoms with Gasteiger partial charge in [-0.3, -0.25) is 4.90 Å². The predicted molar refractivity (Wildman–Crippen MR) is 121 cm³/mol. The van der Waals surface area contributed by atoms with Gasteiger partial charge >= 0.3 is 0 Å². The van der Waals surface area contributed by atoms with E-state index in [0.717, 1.165) is 24.4 Å². The van der Waals surface area contributed by atoms with Crippen LogP contribution in [0.2, 0.25) is 0 Å². The molecule has 6 heteroatoms. The number of methoxy groups -OCH3 is 1. The SMILES string of the molecule is COc1ccc(CN[C@H]2CCCN(C3Cc4ccccc4C3)C2)cc1Cn1cncn1. The Hall–Kier alpha value is -2.70. The van der Waals surface area contributed by atoms with Crippen LogP contribution in [0.3, 0.4) is 0 Å². The Morgan fingerprint density at radius 2 is 1.97 bits per heavy atom. The van der Waals surface area contributed by atoms with Crippen molar-refractivity contribution in [2.24, 2.45) is 0 Å². The van der Waals surface area contributed by atoms with E-state index < -0.39 is 0 Å². The molecule has 1 aromatic heterocycles. The summed E-state index contributed by atoms with van der Waals surface area (Å²) in [6.07, 6.45) is 8.22. The number of fused-ring (bicyclic) bond motifs is 1. The molecule has 6 nitrogen and oxygen atoms in total. The first-order valence-electron chi connectivity index (χ1n) is 11.3. The minimum atomic E-state index is 0.540. The zero-order valence-electron chi connectivity index (χ0n) is 18.2. The fourth-order valence-electron chi connectivity index (χ4n) is 5.12. The van der Waals surface area contributed by atoms with Gasteiger partial charge in [-0.2, -0.15) is 5.10 Å². The highest BCUT2D eigenvalue weighted by molar-refractivity contribution is 5.37. The Morgan fingerprint density at radius 3 is 2.71 bits per heavy atom. The monoisotopic (exact) mass is 417 g/mol. The van der Waals surface area contributed by atoms with Crippen molar-refractivity contribution in [1.29, 1.82) is 0 Å². The summed E-state index contributed by atoms with van der Waals surface area (Å²) < 4.78 is 7.38. The number of hydrogen-bond donors (Lipinski definition) is 1. The Labute approximate surface area is 184 Å². The van der Waals surface area contributed by atoms with Gasteiger partial charge in [-0.15, -0.1) is 0 Å². The Kier molecular flexibility index (Phi) is 6.00. The van der Waals surface area contributed by atoms with Crippen LogP contribution in [0.15, 0.2) is 55.1 Å². The zero-order valence-corrected chi connectivity index (χ0v) is 18.2. The summed E-state index contributed by atoms with van der Waals surface area (Å²) in [7, 11) is 1.72. The maximum absolute atomic E-state index is 5.55. The predicted octanol–water partition coefficient (Wildman–Crippen LogP) is 3.06. The Balaban J connectivity index is 1.19. The van der Waals surface area contributed by atoms with Crippen molar-refractivity contribution >= 4 is 0 Å². The number of benzene rings is 2. The van der Waals surface area contributed by atoms with Crippen molar-refractivity contribution in [3.8, 4) is 5.75 Å². The molecule has 0 radical (unpaired) electrons. The zero-order chi connectivity index (χ0) is 21.0. The molecule has 1 aliphatic heterocycles. The topological polar surface area (TPSA) is 55.2 Å². The highest BCUT2D eigenvalue weighted by Gasteiger charge is 2.30. The second kappa shape index (κ2) is 9.20. The molecule has 5 rings (SSSR count). The van der Waals surface area contributed by atoms with Crippen LogP contribution in [0, 0.1) is 0 Å². The molecule has 0 amide bonds. The quantitative estimate of drug-likeness (QED) is 0.640.